The summed E-state index contributed by atoms with van der Waals surface area (Å²) in [6, 6.07) is 21.5. The van der Waals surface area contributed by atoms with Crippen LogP contribution in [0.3, 0.4) is 0 Å². The number of carbonyl (C=O) groups excluding carboxylic acids is 1. The summed E-state index contributed by atoms with van der Waals surface area (Å²) in [5.41, 5.74) is -1.48. The van der Waals surface area contributed by atoms with Gasteiger partial charge in [-0.05, 0) is 46.7 Å². The van der Waals surface area contributed by atoms with Crippen molar-refractivity contribution < 1.29 is 31.9 Å². The highest BCUT2D eigenvalue weighted by atomic mass is 19.4. The fourth-order valence-electron chi connectivity index (χ4n) is 4.04. The molecule has 0 bridgehead atoms. The molecule has 0 aliphatic rings. The fraction of sp³-hybridized carbons (Fsp3) is 0.0714. The van der Waals surface area contributed by atoms with Gasteiger partial charge >= 0.3 is 12.1 Å². The lowest BCUT2D eigenvalue weighted by Crippen LogP contribution is -2.16. The van der Waals surface area contributed by atoms with Crippen molar-refractivity contribution in [2.45, 2.75) is 6.18 Å². The topological polar surface area (TPSA) is 65.7 Å². The molecule has 0 saturated carbocycles. The van der Waals surface area contributed by atoms with E-state index >= 15 is 0 Å². The summed E-state index contributed by atoms with van der Waals surface area (Å²) in [5.74, 6) is -1.82. The van der Waals surface area contributed by atoms with Gasteiger partial charge in [0.2, 0.25) is 11.2 Å². The Morgan fingerprint density at radius 3 is 2.36 bits per heavy atom. The Bertz CT molecular complexity index is 1680. The van der Waals surface area contributed by atoms with Crippen LogP contribution in [-0.4, -0.2) is 13.1 Å². The van der Waals surface area contributed by atoms with Crippen LogP contribution < -0.4 is 14.9 Å². The second-order valence-electron chi connectivity index (χ2n) is 7.94. The van der Waals surface area contributed by atoms with Crippen molar-refractivity contribution in [2.24, 2.45) is 0 Å². The van der Waals surface area contributed by atoms with Crippen molar-refractivity contribution in [3.8, 4) is 22.6 Å². The Labute approximate surface area is 202 Å². The zero-order valence-corrected chi connectivity index (χ0v) is 18.8. The van der Waals surface area contributed by atoms with Gasteiger partial charge in [0.15, 0.2) is 0 Å². The molecule has 0 atom stereocenters. The maximum absolute atomic E-state index is 14.1. The van der Waals surface area contributed by atoms with Crippen molar-refractivity contribution in [3.63, 3.8) is 0 Å². The van der Waals surface area contributed by atoms with Gasteiger partial charge in [0.1, 0.15) is 17.1 Å². The molecule has 5 nitrogen and oxygen atoms in total. The predicted octanol–water partition coefficient (Wildman–Crippen LogP) is 6.86. The smallest absolute Gasteiger partial charge is 0.450 e. The Morgan fingerprint density at radius 2 is 1.58 bits per heavy atom. The van der Waals surface area contributed by atoms with Gasteiger partial charge in [-0.2, -0.15) is 13.2 Å². The molecule has 5 aromatic rings. The van der Waals surface area contributed by atoms with Crippen molar-refractivity contribution >= 4 is 27.7 Å². The monoisotopic (exact) mass is 490 g/mol. The molecular weight excluding hydrogens is 473 g/mol. The molecular formula is C28H17F3O5. The highest BCUT2D eigenvalue weighted by Crippen LogP contribution is 2.39. The number of hydrogen-bond donors (Lipinski definition) is 0. The zero-order valence-electron chi connectivity index (χ0n) is 18.8. The number of rotatable bonds is 4. The molecule has 8 heteroatoms. The van der Waals surface area contributed by atoms with Gasteiger partial charge in [0.05, 0.1) is 23.6 Å². The van der Waals surface area contributed by atoms with E-state index in [1.54, 1.807) is 48.5 Å². The average molecular weight is 490 g/mol. The highest BCUT2D eigenvalue weighted by Gasteiger charge is 2.39. The molecule has 1 heterocycles. The van der Waals surface area contributed by atoms with Crippen LogP contribution in [0.2, 0.25) is 0 Å². The minimum Gasteiger partial charge on any atom is -0.497 e. The van der Waals surface area contributed by atoms with Gasteiger partial charge < -0.3 is 13.9 Å². The van der Waals surface area contributed by atoms with Crippen LogP contribution in [0.1, 0.15) is 16.1 Å². The van der Waals surface area contributed by atoms with Crippen LogP contribution in [0.4, 0.5) is 13.2 Å². The van der Waals surface area contributed by atoms with Crippen LogP contribution in [0.15, 0.2) is 94.1 Å². The molecule has 0 amide bonds. The normalized spacial score (nSPS) is 11.6. The lowest BCUT2D eigenvalue weighted by atomic mass is 9.96. The van der Waals surface area contributed by atoms with Crippen LogP contribution in [0, 0.1) is 0 Å². The molecule has 180 valence electrons. The van der Waals surface area contributed by atoms with Gasteiger partial charge in [-0.25, -0.2) is 4.79 Å². The third-order valence-electron chi connectivity index (χ3n) is 5.70. The van der Waals surface area contributed by atoms with E-state index in [4.69, 9.17) is 13.9 Å². The van der Waals surface area contributed by atoms with Crippen molar-refractivity contribution in [2.75, 3.05) is 7.11 Å². The summed E-state index contributed by atoms with van der Waals surface area (Å²) in [5, 5.41) is 1.09. The van der Waals surface area contributed by atoms with Crippen LogP contribution in [-0.2, 0) is 6.18 Å². The lowest BCUT2D eigenvalue weighted by Gasteiger charge is -2.14. The standard InChI is InChI=1S/C28H17F3O5/c1-34-18-9-4-8-17(14-18)27(33)35-19-12-13-22-23(15-19)36-26(28(29,30)31)24(25(22)32)21-11-5-7-16-6-2-3-10-20(16)21/h2-15H,1H3. The molecule has 0 fully saturated rings. The molecule has 0 radical (unpaired) electrons. The maximum Gasteiger partial charge on any atom is 0.450 e. The summed E-state index contributed by atoms with van der Waals surface area (Å²) in [4.78, 5) is 25.9. The van der Waals surface area contributed by atoms with E-state index in [9.17, 15) is 22.8 Å². The van der Waals surface area contributed by atoms with Gasteiger partial charge in [-0.15, -0.1) is 0 Å². The van der Waals surface area contributed by atoms with E-state index in [1.165, 1.54) is 37.4 Å². The van der Waals surface area contributed by atoms with E-state index in [2.05, 4.69) is 0 Å². The minimum absolute atomic E-state index is 0.0767. The quantitative estimate of drug-likeness (QED) is 0.203. The Hall–Kier alpha value is -4.59. The summed E-state index contributed by atoms with van der Waals surface area (Å²) in [6.45, 7) is 0. The Kier molecular flexibility index (Phi) is 5.72. The van der Waals surface area contributed by atoms with Gasteiger partial charge in [-0.1, -0.05) is 48.5 Å². The van der Waals surface area contributed by atoms with E-state index < -0.39 is 28.9 Å². The number of esters is 1. The number of hydrogen-bond acceptors (Lipinski definition) is 5. The third-order valence-corrected chi connectivity index (χ3v) is 5.70. The van der Waals surface area contributed by atoms with E-state index in [-0.39, 0.29) is 27.8 Å². The third kappa shape index (κ3) is 4.17. The van der Waals surface area contributed by atoms with Crippen molar-refractivity contribution in [1.29, 1.82) is 0 Å². The number of alkyl halides is 3. The highest BCUT2D eigenvalue weighted by molar-refractivity contribution is 5.99. The van der Waals surface area contributed by atoms with E-state index in [1.807, 2.05) is 0 Å². The summed E-state index contributed by atoms with van der Waals surface area (Å²) < 4.78 is 58.0. The second-order valence-corrected chi connectivity index (χ2v) is 7.94. The SMILES string of the molecule is COc1cccc(C(=O)Oc2ccc3c(=O)c(-c4cccc5ccccc45)c(C(F)(F)F)oc3c2)c1. The molecule has 4 aromatic carbocycles. The van der Waals surface area contributed by atoms with Gasteiger partial charge in [0.25, 0.3) is 0 Å². The van der Waals surface area contributed by atoms with Crippen LogP contribution in [0.5, 0.6) is 11.5 Å². The lowest BCUT2D eigenvalue weighted by molar-refractivity contribution is -0.152. The first-order valence-corrected chi connectivity index (χ1v) is 10.8. The summed E-state index contributed by atoms with van der Waals surface area (Å²) >= 11 is 0. The molecule has 1 aromatic heterocycles. The second kappa shape index (κ2) is 8.88. The minimum atomic E-state index is -4.95. The first kappa shape index (κ1) is 23.2. The summed E-state index contributed by atoms with van der Waals surface area (Å²) in [7, 11) is 1.44. The Morgan fingerprint density at radius 1 is 0.833 bits per heavy atom. The first-order chi connectivity index (χ1) is 17.3. The number of carbonyl (C=O) groups is 1. The molecule has 0 aliphatic heterocycles. The Balaban J connectivity index is 1.64. The number of fused-ring (bicyclic) bond motifs is 2. The van der Waals surface area contributed by atoms with Gasteiger partial charge in [-0.3, -0.25) is 4.79 Å². The predicted molar refractivity (Wildman–Crippen MR) is 128 cm³/mol. The zero-order chi connectivity index (χ0) is 25.4. The van der Waals surface area contributed by atoms with Crippen LogP contribution in [0.25, 0.3) is 32.9 Å². The fourth-order valence-corrected chi connectivity index (χ4v) is 4.04. The number of halogens is 3. The van der Waals surface area contributed by atoms with E-state index in [0.717, 1.165) is 6.07 Å². The molecule has 0 N–H and O–H groups in total. The number of ether oxygens (including phenoxy) is 2. The van der Waals surface area contributed by atoms with Crippen LogP contribution >= 0.6 is 0 Å². The molecule has 36 heavy (non-hydrogen) atoms. The molecule has 0 aliphatic carbocycles. The van der Waals surface area contributed by atoms with E-state index in [0.29, 0.717) is 16.5 Å². The summed E-state index contributed by atoms with van der Waals surface area (Å²) in [6.07, 6.45) is -4.95. The first-order valence-electron chi connectivity index (χ1n) is 10.8. The van der Waals surface area contributed by atoms with Gasteiger partial charge in [0, 0.05) is 6.07 Å². The average Bonchev–Trinajstić information content (AvgIpc) is 2.88. The largest absolute Gasteiger partial charge is 0.497 e. The molecule has 0 saturated heterocycles. The molecule has 0 unspecified atom stereocenters. The number of benzene rings is 4. The molecule has 5 rings (SSSR count). The number of methoxy groups -OCH3 is 1. The van der Waals surface area contributed by atoms with Crippen molar-refractivity contribution in [3.05, 3.63) is 106 Å². The van der Waals surface area contributed by atoms with Crippen molar-refractivity contribution in [1.82, 2.24) is 0 Å². The molecule has 0 spiro atoms. The maximum atomic E-state index is 14.1.